The van der Waals surface area contributed by atoms with Gasteiger partial charge in [0.25, 0.3) is 11.8 Å². The van der Waals surface area contributed by atoms with Crippen LogP contribution in [0.1, 0.15) is 40.9 Å². The number of nitrogens with one attached hydrogen (secondary N) is 3. The monoisotopic (exact) mass is 570 g/mol. The topological polar surface area (TPSA) is 132 Å². The predicted molar refractivity (Wildman–Crippen MR) is 128 cm³/mol. The molecule has 2 aromatic rings. The van der Waals surface area contributed by atoms with Crippen LogP contribution in [0.3, 0.4) is 0 Å². The summed E-state index contributed by atoms with van der Waals surface area (Å²) in [5.41, 5.74) is 3.31. The van der Waals surface area contributed by atoms with E-state index in [-0.39, 0.29) is 17.7 Å². The number of halogens is 4. The van der Waals surface area contributed by atoms with Gasteiger partial charge in [0.15, 0.2) is 0 Å². The molecule has 36 heavy (non-hydrogen) atoms. The molecule has 4 rings (SSSR count). The summed E-state index contributed by atoms with van der Waals surface area (Å²) in [4.78, 5) is 50.0. The molecule has 0 bridgehead atoms. The van der Waals surface area contributed by atoms with Crippen LogP contribution in [-0.2, 0) is 14.4 Å². The fourth-order valence-corrected chi connectivity index (χ4v) is 3.96. The van der Waals surface area contributed by atoms with Crippen molar-refractivity contribution in [2.45, 2.75) is 25.4 Å². The number of rotatable bonds is 6. The Labute approximate surface area is 211 Å². The van der Waals surface area contributed by atoms with Crippen molar-refractivity contribution in [3.63, 3.8) is 0 Å². The van der Waals surface area contributed by atoms with E-state index in [1.54, 1.807) is 18.3 Å². The number of carbonyl (C=O) groups is 4. The van der Waals surface area contributed by atoms with E-state index in [9.17, 15) is 27.6 Å². The zero-order valence-corrected chi connectivity index (χ0v) is 20.3. The highest BCUT2D eigenvalue weighted by atomic mass is 79.9. The fourth-order valence-electron chi connectivity index (χ4n) is 3.60. The van der Waals surface area contributed by atoms with E-state index >= 15 is 0 Å². The van der Waals surface area contributed by atoms with Crippen molar-refractivity contribution < 1.29 is 37.5 Å². The van der Waals surface area contributed by atoms with Gasteiger partial charge in [-0.3, -0.25) is 14.4 Å². The SMILES string of the molecule is O=C(O)C(F)(F)F.O=C1Nc2ccc(Br)cc2/C1=C/c1cc(C(=O)NCCCN2CCCC2=O)c[nH]1. The number of nitrogens with zero attached hydrogens (tertiary/aromatic N) is 1. The van der Waals surface area contributed by atoms with Crippen molar-refractivity contribution in [3.05, 3.63) is 51.8 Å². The highest BCUT2D eigenvalue weighted by molar-refractivity contribution is 9.10. The second-order valence-electron chi connectivity index (χ2n) is 7.94. The van der Waals surface area contributed by atoms with Crippen molar-refractivity contribution >= 4 is 57.0 Å². The Balaban J connectivity index is 0.000000454. The van der Waals surface area contributed by atoms with Gasteiger partial charge >= 0.3 is 12.1 Å². The molecule has 0 aliphatic carbocycles. The first-order valence-corrected chi connectivity index (χ1v) is 11.6. The number of carboxylic acid groups (broad SMARTS) is 1. The highest BCUT2D eigenvalue weighted by Crippen LogP contribution is 2.34. The van der Waals surface area contributed by atoms with Crippen molar-refractivity contribution in [1.29, 1.82) is 0 Å². The molecule has 0 spiro atoms. The smallest absolute Gasteiger partial charge is 0.475 e. The number of likely N-dealkylation sites (tertiary alicyclic amines) is 1. The summed E-state index contributed by atoms with van der Waals surface area (Å²) >= 11 is 3.43. The van der Waals surface area contributed by atoms with Crippen LogP contribution >= 0.6 is 15.9 Å². The van der Waals surface area contributed by atoms with Crippen LogP contribution in [0.5, 0.6) is 0 Å². The van der Waals surface area contributed by atoms with Crippen molar-refractivity contribution in [2.75, 3.05) is 25.0 Å². The minimum absolute atomic E-state index is 0.171. The minimum Gasteiger partial charge on any atom is -0.475 e. The Kier molecular flexibility index (Phi) is 8.56. The summed E-state index contributed by atoms with van der Waals surface area (Å²) in [6.45, 7) is 2.00. The average molecular weight is 571 g/mol. The van der Waals surface area contributed by atoms with Gasteiger partial charge in [-0.1, -0.05) is 15.9 Å². The summed E-state index contributed by atoms with van der Waals surface area (Å²) in [6, 6.07) is 7.33. The number of fused-ring (bicyclic) bond motifs is 1. The summed E-state index contributed by atoms with van der Waals surface area (Å²) < 4.78 is 32.6. The normalized spacial score (nSPS) is 15.9. The molecule has 0 radical (unpaired) electrons. The van der Waals surface area contributed by atoms with Gasteiger partial charge in [0, 0.05) is 53.7 Å². The number of carboxylic acids is 1. The first kappa shape index (κ1) is 27.0. The number of amides is 3. The van der Waals surface area contributed by atoms with Gasteiger partial charge in [0.05, 0.1) is 11.1 Å². The second-order valence-corrected chi connectivity index (χ2v) is 8.86. The molecule has 2 aliphatic heterocycles. The maximum absolute atomic E-state index is 12.3. The number of alkyl halides is 3. The number of carbonyl (C=O) groups excluding carboxylic acids is 3. The van der Waals surface area contributed by atoms with Gasteiger partial charge in [0.2, 0.25) is 5.91 Å². The fraction of sp³-hybridized carbons (Fsp3) is 0.304. The van der Waals surface area contributed by atoms with Crippen LogP contribution in [0.25, 0.3) is 11.6 Å². The molecule has 4 N–H and O–H groups in total. The first-order chi connectivity index (χ1) is 17.0. The molecule has 2 aliphatic rings. The molecular formula is C23H22BrF3N4O5. The molecule has 9 nitrogen and oxygen atoms in total. The Morgan fingerprint density at radius 2 is 1.94 bits per heavy atom. The van der Waals surface area contributed by atoms with E-state index in [2.05, 4.69) is 31.5 Å². The third-order valence-electron chi connectivity index (χ3n) is 5.34. The maximum atomic E-state index is 12.3. The standard InChI is InChI=1S/C21H21BrN4O3.C2HF3O2/c22-14-4-5-18-16(10-14)17(21(29)25-18)11-15-9-13(12-24-15)20(28)23-6-2-8-26-7-1-3-19(26)27;3-2(4,5)1(6)7/h4-5,9-12,24H,1-3,6-8H2,(H,23,28)(H,25,29);(H,6,7)/b17-11-;. The lowest BCUT2D eigenvalue weighted by atomic mass is 10.1. The van der Waals surface area contributed by atoms with E-state index in [1.165, 1.54) is 0 Å². The van der Waals surface area contributed by atoms with Gasteiger partial charge in [0.1, 0.15) is 0 Å². The Morgan fingerprint density at radius 1 is 1.22 bits per heavy atom. The summed E-state index contributed by atoms with van der Waals surface area (Å²) in [6.07, 6.45) is 0.564. The van der Waals surface area contributed by atoms with Crippen LogP contribution in [-0.4, -0.2) is 64.5 Å². The van der Waals surface area contributed by atoms with Gasteiger partial charge in [-0.2, -0.15) is 13.2 Å². The third kappa shape index (κ3) is 6.97. The van der Waals surface area contributed by atoms with Crippen molar-refractivity contribution in [3.8, 4) is 0 Å². The number of hydrogen-bond donors (Lipinski definition) is 4. The average Bonchev–Trinajstić information content (AvgIpc) is 3.51. The highest BCUT2D eigenvalue weighted by Gasteiger charge is 2.38. The van der Waals surface area contributed by atoms with Gasteiger partial charge in [-0.05, 0) is 43.2 Å². The molecule has 3 heterocycles. The van der Waals surface area contributed by atoms with Crippen molar-refractivity contribution in [1.82, 2.24) is 15.2 Å². The molecule has 3 amide bonds. The molecule has 1 fully saturated rings. The Bertz CT molecular complexity index is 1210. The molecule has 13 heteroatoms. The Hall–Kier alpha value is -3.61. The van der Waals surface area contributed by atoms with Crippen LogP contribution < -0.4 is 10.6 Å². The predicted octanol–water partition coefficient (Wildman–Crippen LogP) is 3.65. The zero-order chi connectivity index (χ0) is 26.5. The molecule has 1 aromatic heterocycles. The number of H-pyrrole nitrogens is 1. The lowest BCUT2D eigenvalue weighted by Crippen LogP contribution is -2.30. The minimum atomic E-state index is -5.08. The van der Waals surface area contributed by atoms with E-state index in [0.29, 0.717) is 36.3 Å². The summed E-state index contributed by atoms with van der Waals surface area (Å²) in [5.74, 6) is -2.91. The third-order valence-corrected chi connectivity index (χ3v) is 5.83. The largest absolute Gasteiger partial charge is 0.490 e. The van der Waals surface area contributed by atoms with Gasteiger partial charge in [-0.25, -0.2) is 4.79 Å². The van der Waals surface area contributed by atoms with Crippen LogP contribution in [0.15, 0.2) is 34.9 Å². The lowest BCUT2D eigenvalue weighted by molar-refractivity contribution is -0.192. The van der Waals surface area contributed by atoms with E-state index in [1.807, 2.05) is 23.1 Å². The van der Waals surface area contributed by atoms with Crippen LogP contribution in [0, 0.1) is 0 Å². The number of aromatic nitrogens is 1. The number of benzene rings is 1. The van der Waals surface area contributed by atoms with E-state index in [4.69, 9.17) is 9.90 Å². The zero-order valence-electron chi connectivity index (χ0n) is 18.7. The quantitative estimate of drug-likeness (QED) is 0.311. The molecule has 0 unspecified atom stereocenters. The number of aliphatic carboxylic acids is 1. The van der Waals surface area contributed by atoms with Crippen LogP contribution in [0.4, 0.5) is 18.9 Å². The van der Waals surface area contributed by atoms with Gasteiger partial charge < -0.3 is 25.6 Å². The number of aromatic amines is 1. The molecule has 1 saturated heterocycles. The second kappa shape index (κ2) is 11.4. The number of anilines is 1. The van der Waals surface area contributed by atoms with Gasteiger partial charge in [-0.15, -0.1) is 0 Å². The van der Waals surface area contributed by atoms with E-state index in [0.717, 1.165) is 35.1 Å². The molecule has 0 saturated carbocycles. The molecule has 0 atom stereocenters. The maximum Gasteiger partial charge on any atom is 0.490 e. The van der Waals surface area contributed by atoms with Crippen molar-refractivity contribution in [2.24, 2.45) is 0 Å². The molecule has 1 aromatic carbocycles. The van der Waals surface area contributed by atoms with E-state index < -0.39 is 12.1 Å². The lowest BCUT2D eigenvalue weighted by Gasteiger charge is -2.15. The Morgan fingerprint density at radius 3 is 2.58 bits per heavy atom. The summed E-state index contributed by atoms with van der Waals surface area (Å²) in [5, 5.41) is 12.8. The molecular weight excluding hydrogens is 549 g/mol. The summed E-state index contributed by atoms with van der Waals surface area (Å²) in [7, 11) is 0. The first-order valence-electron chi connectivity index (χ1n) is 10.8. The van der Waals surface area contributed by atoms with Crippen LogP contribution in [0.2, 0.25) is 0 Å². The molecule has 192 valence electrons. The number of hydrogen-bond acceptors (Lipinski definition) is 4.